The van der Waals surface area contributed by atoms with Gasteiger partial charge in [0.25, 0.3) is 0 Å². The number of rotatable bonds is 2. The summed E-state index contributed by atoms with van der Waals surface area (Å²) in [5, 5.41) is 3.17. The summed E-state index contributed by atoms with van der Waals surface area (Å²) in [6, 6.07) is 7.11. The number of amides is 1. The summed E-state index contributed by atoms with van der Waals surface area (Å²) in [5.74, 6) is -0.0164. The number of ether oxygens (including phenoxy) is 1. The lowest BCUT2D eigenvalue weighted by molar-refractivity contribution is -0.127. The topological polar surface area (TPSA) is 55.4 Å². The molecule has 1 aromatic rings. The van der Waals surface area contributed by atoms with Crippen molar-refractivity contribution in [3.05, 3.63) is 34.9 Å². The minimum Gasteiger partial charge on any atom is -0.453 e. The van der Waals surface area contributed by atoms with Gasteiger partial charge in [0.2, 0.25) is 0 Å². The summed E-state index contributed by atoms with van der Waals surface area (Å²) >= 11 is 6.19. The van der Waals surface area contributed by atoms with E-state index >= 15 is 0 Å². The minimum absolute atomic E-state index is 0.0164. The van der Waals surface area contributed by atoms with Crippen molar-refractivity contribution < 1.29 is 14.3 Å². The van der Waals surface area contributed by atoms with Gasteiger partial charge in [0.1, 0.15) is 5.54 Å². The van der Waals surface area contributed by atoms with Gasteiger partial charge in [-0.25, -0.2) is 4.79 Å². The van der Waals surface area contributed by atoms with E-state index in [2.05, 4.69) is 10.1 Å². The third-order valence-corrected chi connectivity index (χ3v) is 3.85. The van der Waals surface area contributed by atoms with Crippen LogP contribution in [-0.4, -0.2) is 19.0 Å². The first kappa shape index (κ1) is 13.9. The third kappa shape index (κ3) is 2.59. The number of nitrogens with one attached hydrogen (secondary N) is 1. The molecule has 0 unspecified atom stereocenters. The SMILES string of the molecule is COC(=O)N[C@]1(c2ccccc2Cl)CCCCC1=O. The van der Waals surface area contributed by atoms with Crippen molar-refractivity contribution in [2.75, 3.05) is 7.11 Å². The first-order valence-corrected chi connectivity index (χ1v) is 6.62. The van der Waals surface area contributed by atoms with Crippen LogP contribution in [0.2, 0.25) is 5.02 Å². The van der Waals surface area contributed by atoms with E-state index in [0.717, 1.165) is 12.8 Å². The molecule has 1 fully saturated rings. The quantitative estimate of drug-likeness (QED) is 0.906. The highest BCUT2D eigenvalue weighted by Gasteiger charge is 2.44. The molecule has 0 heterocycles. The van der Waals surface area contributed by atoms with E-state index < -0.39 is 11.6 Å². The van der Waals surface area contributed by atoms with Gasteiger partial charge in [0.05, 0.1) is 7.11 Å². The third-order valence-electron chi connectivity index (χ3n) is 3.52. The Morgan fingerprint density at radius 3 is 2.74 bits per heavy atom. The lowest BCUT2D eigenvalue weighted by Gasteiger charge is -2.36. The van der Waals surface area contributed by atoms with Crippen molar-refractivity contribution in [1.29, 1.82) is 0 Å². The molecule has 19 heavy (non-hydrogen) atoms. The first-order valence-electron chi connectivity index (χ1n) is 6.24. The zero-order chi connectivity index (χ0) is 13.9. The fourth-order valence-electron chi connectivity index (χ4n) is 2.55. The van der Waals surface area contributed by atoms with E-state index in [1.807, 2.05) is 6.07 Å². The molecular weight excluding hydrogens is 266 g/mol. The van der Waals surface area contributed by atoms with Crippen LogP contribution in [0.25, 0.3) is 0 Å². The number of ketones is 1. The second-order valence-corrected chi connectivity index (χ2v) is 5.04. The lowest BCUT2D eigenvalue weighted by Crippen LogP contribution is -2.53. The Morgan fingerprint density at radius 1 is 1.37 bits per heavy atom. The van der Waals surface area contributed by atoms with Crippen molar-refractivity contribution in [2.45, 2.75) is 31.2 Å². The zero-order valence-electron chi connectivity index (χ0n) is 10.7. The summed E-state index contributed by atoms with van der Waals surface area (Å²) in [7, 11) is 1.28. The molecule has 0 radical (unpaired) electrons. The Hall–Kier alpha value is -1.55. The van der Waals surface area contributed by atoms with E-state index in [1.54, 1.807) is 18.2 Å². The second-order valence-electron chi connectivity index (χ2n) is 4.63. The van der Waals surface area contributed by atoms with Gasteiger partial charge < -0.3 is 10.1 Å². The van der Waals surface area contributed by atoms with Crippen molar-refractivity contribution in [2.24, 2.45) is 0 Å². The molecule has 0 saturated heterocycles. The zero-order valence-corrected chi connectivity index (χ0v) is 11.5. The molecule has 0 aromatic heterocycles. The molecule has 4 nitrogen and oxygen atoms in total. The maximum absolute atomic E-state index is 12.4. The molecule has 1 N–H and O–H groups in total. The molecule has 0 aliphatic heterocycles. The molecule has 1 saturated carbocycles. The Bertz CT molecular complexity index is 503. The molecule has 1 aliphatic rings. The number of methoxy groups -OCH3 is 1. The van der Waals surface area contributed by atoms with Crippen LogP contribution in [0.3, 0.4) is 0 Å². The van der Waals surface area contributed by atoms with Crippen molar-refractivity contribution >= 4 is 23.5 Å². The van der Waals surface area contributed by atoms with Crippen LogP contribution in [0.5, 0.6) is 0 Å². The monoisotopic (exact) mass is 281 g/mol. The van der Waals surface area contributed by atoms with E-state index in [-0.39, 0.29) is 5.78 Å². The second kappa shape index (κ2) is 5.61. The number of hydrogen-bond acceptors (Lipinski definition) is 3. The van der Waals surface area contributed by atoms with Crippen LogP contribution in [0.4, 0.5) is 4.79 Å². The van der Waals surface area contributed by atoms with Crippen LogP contribution < -0.4 is 5.32 Å². The number of halogens is 1. The maximum atomic E-state index is 12.4. The van der Waals surface area contributed by atoms with Gasteiger partial charge in [-0.15, -0.1) is 0 Å². The molecule has 1 amide bonds. The van der Waals surface area contributed by atoms with E-state index in [9.17, 15) is 9.59 Å². The van der Waals surface area contributed by atoms with Crippen molar-refractivity contribution in [1.82, 2.24) is 5.32 Å². The number of alkyl carbamates (subject to hydrolysis) is 1. The summed E-state index contributed by atoms with van der Waals surface area (Å²) < 4.78 is 4.64. The van der Waals surface area contributed by atoms with Gasteiger partial charge >= 0.3 is 6.09 Å². The van der Waals surface area contributed by atoms with Crippen LogP contribution in [0.1, 0.15) is 31.2 Å². The van der Waals surface area contributed by atoms with E-state index in [4.69, 9.17) is 11.6 Å². The molecule has 0 bridgehead atoms. The maximum Gasteiger partial charge on any atom is 0.407 e. The Labute approximate surface area is 117 Å². The van der Waals surface area contributed by atoms with Gasteiger partial charge in [-0.2, -0.15) is 0 Å². The predicted molar refractivity (Wildman–Crippen MR) is 72.1 cm³/mol. The molecule has 5 heteroatoms. The lowest BCUT2D eigenvalue weighted by atomic mass is 9.75. The molecule has 1 aromatic carbocycles. The summed E-state index contributed by atoms with van der Waals surface area (Å²) in [6.07, 6.45) is 2.07. The Kier molecular flexibility index (Phi) is 4.10. The van der Waals surface area contributed by atoms with Gasteiger partial charge in [0, 0.05) is 17.0 Å². The largest absolute Gasteiger partial charge is 0.453 e. The fraction of sp³-hybridized carbons (Fsp3) is 0.429. The summed E-state index contributed by atoms with van der Waals surface area (Å²) in [5.41, 5.74) is -0.407. The molecule has 1 atom stereocenters. The molecule has 2 rings (SSSR count). The molecule has 1 aliphatic carbocycles. The van der Waals surface area contributed by atoms with Crippen LogP contribution in [0, 0.1) is 0 Å². The van der Waals surface area contributed by atoms with Gasteiger partial charge in [-0.3, -0.25) is 4.79 Å². The van der Waals surface area contributed by atoms with Gasteiger partial charge in [-0.1, -0.05) is 29.8 Å². The number of hydrogen-bond donors (Lipinski definition) is 1. The highest BCUT2D eigenvalue weighted by Crippen LogP contribution is 2.38. The van der Waals surface area contributed by atoms with E-state index in [1.165, 1.54) is 7.11 Å². The number of Topliss-reactive ketones (excluding diaryl/α,β-unsaturated/α-hetero) is 1. The van der Waals surface area contributed by atoms with Gasteiger partial charge in [-0.05, 0) is 25.3 Å². The van der Waals surface area contributed by atoms with Crippen LogP contribution >= 0.6 is 11.6 Å². The highest BCUT2D eigenvalue weighted by molar-refractivity contribution is 6.31. The smallest absolute Gasteiger partial charge is 0.407 e. The number of benzene rings is 1. The van der Waals surface area contributed by atoms with Gasteiger partial charge in [0.15, 0.2) is 5.78 Å². The average molecular weight is 282 g/mol. The molecular formula is C14H16ClNO3. The first-order chi connectivity index (χ1) is 9.10. The Morgan fingerprint density at radius 2 is 2.11 bits per heavy atom. The average Bonchev–Trinajstić information content (AvgIpc) is 2.42. The van der Waals surface area contributed by atoms with Crippen LogP contribution in [-0.2, 0) is 15.1 Å². The summed E-state index contributed by atoms with van der Waals surface area (Å²) in [6.45, 7) is 0. The fourth-order valence-corrected chi connectivity index (χ4v) is 2.84. The van der Waals surface area contributed by atoms with Crippen molar-refractivity contribution in [3.63, 3.8) is 0 Å². The predicted octanol–water partition coefficient (Wildman–Crippen LogP) is 3.03. The normalized spacial score (nSPS) is 22.9. The van der Waals surface area contributed by atoms with Crippen molar-refractivity contribution in [3.8, 4) is 0 Å². The molecule has 0 spiro atoms. The standard InChI is InChI=1S/C14H16ClNO3/c1-19-13(18)16-14(9-5-4-8-12(14)17)10-6-2-3-7-11(10)15/h2-3,6-7H,4-5,8-9H2,1H3,(H,16,18)/t14-/m0/s1. The minimum atomic E-state index is -1.05. The Balaban J connectivity index is 2.47. The van der Waals surface area contributed by atoms with E-state index in [0.29, 0.717) is 23.4 Å². The number of carbonyl (C=O) groups excluding carboxylic acids is 2. The number of carbonyl (C=O) groups is 2. The van der Waals surface area contributed by atoms with Crippen LogP contribution in [0.15, 0.2) is 24.3 Å². The highest BCUT2D eigenvalue weighted by atomic mass is 35.5. The molecule has 102 valence electrons. The summed E-state index contributed by atoms with van der Waals surface area (Å²) in [4.78, 5) is 24.0.